The van der Waals surface area contributed by atoms with Crippen molar-refractivity contribution in [2.45, 2.75) is 13.3 Å². The molecule has 3 rings (SSSR count). The van der Waals surface area contributed by atoms with Gasteiger partial charge in [0, 0.05) is 4.88 Å². The maximum Gasteiger partial charge on any atom is 0.305 e. The molecule has 1 amide bonds. The first kappa shape index (κ1) is 15.2. The molecular formula is C13H10BrN3O3S2. The molecule has 0 unspecified atom stereocenters. The lowest BCUT2D eigenvalue weighted by Crippen LogP contribution is -2.34. The zero-order chi connectivity index (χ0) is 15.9. The molecule has 0 aliphatic rings. The second-order valence-corrected chi connectivity index (χ2v) is 6.73. The second-order valence-electron chi connectivity index (χ2n) is 4.42. The molecular weight excluding hydrogens is 390 g/mol. The number of aryl methyl sites for hydroxylation is 1. The van der Waals surface area contributed by atoms with Crippen LogP contribution in [0.15, 0.2) is 32.1 Å². The van der Waals surface area contributed by atoms with Crippen LogP contribution in [0.2, 0.25) is 0 Å². The summed E-state index contributed by atoms with van der Waals surface area (Å²) in [7, 11) is 0. The Balaban J connectivity index is 2.05. The molecule has 3 aromatic rings. The standard InChI is InChI=1S/C13H10BrN3O3S2/c1-2-6-5-7-11(22-6)15-13(21)17(12(7)19)16-10(18)8-3-4-9(14)20-8/h3-5H,2H2,1H3,(H,15,21)(H,16,18). The number of hydrogen-bond donors (Lipinski definition) is 2. The average Bonchev–Trinajstić information content (AvgIpc) is 3.09. The fourth-order valence-corrected chi connectivity index (χ4v) is 3.52. The average molecular weight is 400 g/mol. The second kappa shape index (κ2) is 5.82. The smallest absolute Gasteiger partial charge is 0.305 e. The van der Waals surface area contributed by atoms with Crippen molar-refractivity contribution >= 4 is 55.6 Å². The van der Waals surface area contributed by atoms with Crippen molar-refractivity contribution in [2.75, 3.05) is 5.43 Å². The monoisotopic (exact) mass is 399 g/mol. The molecule has 0 saturated heterocycles. The minimum absolute atomic E-state index is 0.0767. The van der Waals surface area contributed by atoms with Crippen molar-refractivity contribution in [1.29, 1.82) is 0 Å². The number of furan rings is 1. The van der Waals surface area contributed by atoms with E-state index in [1.807, 2.05) is 6.92 Å². The first-order valence-corrected chi connectivity index (χ1v) is 8.36. The van der Waals surface area contributed by atoms with Gasteiger partial charge in [0.25, 0.3) is 5.56 Å². The van der Waals surface area contributed by atoms with Crippen LogP contribution in [0.5, 0.6) is 0 Å². The molecule has 9 heteroatoms. The SMILES string of the molecule is CCc1cc2c(=O)n(NC(=O)c3ccc(Br)o3)c(=S)[nH]c2s1. The molecule has 0 bridgehead atoms. The Labute approximate surface area is 141 Å². The molecule has 0 atom stereocenters. The third-order valence-electron chi connectivity index (χ3n) is 3.00. The molecule has 0 saturated carbocycles. The highest BCUT2D eigenvalue weighted by Crippen LogP contribution is 2.21. The maximum absolute atomic E-state index is 12.5. The highest BCUT2D eigenvalue weighted by molar-refractivity contribution is 9.10. The van der Waals surface area contributed by atoms with Gasteiger partial charge in [-0.2, -0.15) is 4.68 Å². The van der Waals surface area contributed by atoms with Crippen LogP contribution in [-0.4, -0.2) is 15.6 Å². The Hall–Kier alpha value is -1.71. The molecule has 2 N–H and O–H groups in total. The number of amides is 1. The van der Waals surface area contributed by atoms with Crippen molar-refractivity contribution in [3.63, 3.8) is 0 Å². The van der Waals surface area contributed by atoms with Crippen molar-refractivity contribution in [3.8, 4) is 0 Å². The lowest BCUT2D eigenvalue weighted by molar-refractivity contribution is 0.0979. The Morgan fingerprint density at radius 1 is 1.55 bits per heavy atom. The van der Waals surface area contributed by atoms with Gasteiger partial charge in [-0.25, -0.2) is 0 Å². The Kier molecular flexibility index (Phi) is 4.02. The van der Waals surface area contributed by atoms with Crippen LogP contribution in [0, 0.1) is 4.77 Å². The van der Waals surface area contributed by atoms with Gasteiger partial charge < -0.3 is 9.40 Å². The topological polar surface area (TPSA) is 80.0 Å². The zero-order valence-corrected chi connectivity index (χ0v) is 14.5. The van der Waals surface area contributed by atoms with Gasteiger partial charge >= 0.3 is 5.91 Å². The van der Waals surface area contributed by atoms with Crippen LogP contribution in [0.4, 0.5) is 0 Å². The van der Waals surface area contributed by atoms with Gasteiger partial charge in [0.1, 0.15) is 4.83 Å². The van der Waals surface area contributed by atoms with Crippen molar-refractivity contribution in [1.82, 2.24) is 9.66 Å². The molecule has 6 nitrogen and oxygen atoms in total. The highest BCUT2D eigenvalue weighted by atomic mass is 79.9. The number of carbonyl (C=O) groups excluding carboxylic acids is 1. The fourth-order valence-electron chi connectivity index (χ4n) is 1.93. The summed E-state index contributed by atoms with van der Waals surface area (Å²) in [6.07, 6.45) is 0.826. The van der Waals surface area contributed by atoms with E-state index in [0.717, 1.165) is 16.0 Å². The Morgan fingerprint density at radius 3 is 2.95 bits per heavy atom. The third kappa shape index (κ3) is 2.67. The van der Waals surface area contributed by atoms with E-state index in [4.69, 9.17) is 16.6 Å². The molecule has 3 aromatic heterocycles. The number of carbonyl (C=O) groups is 1. The predicted molar refractivity (Wildman–Crippen MR) is 90.7 cm³/mol. The number of hydrogen-bond acceptors (Lipinski definition) is 5. The lowest BCUT2D eigenvalue weighted by Gasteiger charge is -2.06. The lowest BCUT2D eigenvalue weighted by atomic mass is 10.3. The number of halogens is 1. The van der Waals surface area contributed by atoms with Gasteiger partial charge in [0.05, 0.1) is 5.39 Å². The zero-order valence-electron chi connectivity index (χ0n) is 11.3. The molecule has 22 heavy (non-hydrogen) atoms. The number of rotatable bonds is 3. The largest absolute Gasteiger partial charge is 0.444 e. The van der Waals surface area contributed by atoms with Crippen molar-refractivity contribution < 1.29 is 9.21 Å². The van der Waals surface area contributed by atoms with Gasteiger partial charge in [-0.15, -0.1) is 11.3 Å². The van der Waals surface area contributed by atoms with E-state index in [2.05, 4.69) is 26.3 Å². The van der Waals surface area contributed by atoms with Crippen LogP contribution in [0.3, 0.4) is 0 Å². The van der Waals surface area contributed by atoms with Crippen LogP contribution >= 0.6 is 39.5 Å². The number of nitrogens with one attached hydrogen (secondary N) is 2. The molecule has 3 heterocycles. The fraction of sp³-hybridized carbons (Fsp3) is 0.154. The minimum Gasteiger partial charge on any atom is -0.444 e. The van der Waals surface area contributed by atoms with Gasteiger partial charge in [0.2, 0.25) is 4.77 Å². The molecule has 0 fully saturated rings. The number of H-pyrrole nitrogens is 1. The molecule has 0 aliphatic heterocycles. The molecule has 0 aromatic carbocycles. The summed E-state index contributed by atoms with van der Waals surface area (Å²) in [6, 6.07) is 4.89. The maximum atomic E-state index is 12.5. The summed E-state index contributed by atoms with van der Waals surface area (Å²) in [5, 5.41) is 0.497. The summed E-state index contributed by atoms with van der Waals surface area (Å²) in [5.74, 6) is -0.481. The molecule has 0 aliphatic carbocycles. The normalized spacial score (nSPS) is 11.0. The summed E-state index contributed by atoms with van der Waals surface area (Å²) >= 11 is 9.74. The van der Waals surface area contributed by atoms with Crippen molar-refractivity contribution in [3.05, 3.63) is 48.6 Å². The van der Waals surface area contributed by atoms with E-state index < -0.39 is 5.91 Å². The number of nitrogens with zero attached hydrogens (tertiary/aromatic N) is 1. The van der Waals surface area contributed by atoms with E-state index in [1.54, 1.807) is 12.1 Å². The summed E-state index contributed by atoms with van der Waals surface area (Å²) in [5.41, 5.74) is 2.08. The number of aromatic nitrogens is 2. The number of aromatic amines is 1. The van der Waals surface area contributed by atoms with E-state index in [1.165, 1.54) is 17.4 Å². The van der Waals surface area contributed by atoms with E-state index >= 15 is 0 Å². The summed E-state index contributed by atoms with van der Waals surface area (Å²) in [4.78, 5) is 29.3. The minimum atomic E-state index is -0.558. The van der Waals surface area contributed by atoms with E-state index in [9.17, 15) is 9.59 Å². The van der Waals surface area contributed by atoms with Gasteiger partial charge in [-0.1, -0.05) is 6.92 Å². The molecule has 0 spiro atoms. The molecule has 114 valence electrons. The predicted octanol–water partition coefficient (Wildman–Crippen LogP) is 3.42. The van der Waals surface area contributed by atoms with E-state index in [0.29, 0.717) is 14.9 Å². The Morgan fingerprint density at radius 2 is 2.32 bits per heavy atom. The highest BCUT2D eigenvalue weighted by Gasteiger charge is 2.14. The first-order valence-electron chi connectivity index (χ1n) is 6.34. The third-order valence-corrected chi connectivity index (χ3v) is 4.90. The van der Waals surface area contributed by atoms with Gasteiger partial charge in [-0.3, -0.25) is 15.0 Å². The van der Waals surface area contributed by atoms with E-state index in [-0.39, 0.29) is 16.1 Å². The number of thiophene rings is 1. The van der Waals surface area contributed by atoms with Gasteiger partial charge in [0.15, 0.2) is 10.4 Å². The Bertz CT molecular complexity index is 982. The van der Waals surface area contributed by atoms with Crippen LogP contribution in [-0.2, 0) is 6.42 Å². The van der Waals surface area contributed by atoms with Crippen LogP contribution in [0.1, 0.15) is 22.4 Å². The van der Waals surface area contributed by atoms with Crippen LogP contribution < -0.4 is 11.0 Å². The quantitative estimate of drug-likeness (QED) is 0.661. The van der Waals surface area contributed by atoms with Crippen molar-refractivity contribution in [2.24, 2.45) is 0 Å². The van der Waals surface area contributed by atoms with Gasteiger partial charge in [-0.05, 0) is 52.8 Å². The molecule has 0 radical (unpaired) electrons. The summed E-state index contributed by atoms with van der Waals surface area (Å²) < 4.78 is 6.72. The summed E-state index contributed by atoms with van der Waals surface area (Å²) in [6.45, 7) is 2.01. The van der Waals surface area contributed by atoms with Crippen LogP contribution in [0.25, 0.3) is 10.2 Å². The first-order chi connectivity index (χ1) is 10.5. The number of fused-ring (bicyclic) bond motifs is 1.